The second kappa shape index (κ2) is 9.30. The molecule has 1 atom stereocenters. The van der Waals surface area contributed by atoms with Gasteiger partial charge in [-0.3, -0.25) is 4.98 Å². The van der Waals surface area contributed by atoms with Crippen LogP contribution in [0, 0.1) is 0 Å². The van der Waals surface area contributed by atoms with Crippen LogP contribution in [0.25, 0.3) is 0 Å². The molecule has 1 aromatic heterocycles. The van der Waals surface area contributed by atoms with E-state index in [-0.39, 0.29) is 11.0 Å². The third kappa shape index (κ3) is 4.83. The predicted molar refractivity (Wildman–Crippen MR) is 117 cm³/mol. The van der Waals surface area contributed by atoms with Crippen molar-refractivity contribution >= 4 is 0 Å². The molecule has 1 spiro atoms. The Kier molecular flexibility index (Phi) is 6.54. The van der Waals surface area contributed by atoms with Crippen molar-refractivity contribution < 1.29 is 9.47 Å². The van der Waals surface area contributed by atoms with Gasteiger partial charge in [-0.25, -0.2) is 0 Å². The molecule has 3 nitrogen and oxygen atoms in total. The van der Waals surface area contributed by atoms with E-state index in [0.29, 0.717) is 0 Å². The summed E-state index contributed by atoms with van der Waals surface area (Å²) in [6.45, 7) is 0.889. The Hall–Kier alpha value is -1.87. The molecule has 1 saturated carbocycles. The first-order chi connectivity index (χ1) is 14.2. The van der Waals surface area contributed by atoms with E-state index in [4.69, 9.17) is 14.5 Å². The van der Waals surface area contributed by atoms with Crippen LogP contribution >= 0.6 is 0 Å². The number of rotatable bonds is 8. The molecule has 29 heavy (non-hydrogen) atoms. The predicted octanol–water partition coefficient (Wildman–Crippen LogP) is 6.25. The summed E-state index contributed by atoms with van der Waals surface area (Å²) in [4.78, 5) is 4.83. The lowest BCUT2D eigenvalue weighted by molar-refractivity contribution is -0.104. The number of ether oxygens (including phenoxy) is 2. The normalized spacial score (nSPS) is 23.3. The summed E-state index contributed by atoms with van der Waals surface area (Å²) >= 11 is 0. The van der Waals surface area contributed by atoms with E-state index >= 15 is 0 Å². The summed E-state index contributed by atoms with van der Waals surface area (Å²) < 4.78 is 11.7. The van der Waals surface area contributed by atoms with Crippen molar-refractivity contribution in [2.45, 2.75) is 81.6 Å². The Labute approximate surface area is 175 Å². The highest BCUT2D eigenvalue weighted by Crippen LogP contribution is 2.50. The zero-order chi connectivity index (χ0) is 20.0. The zero-order valence-corrected chi connectivity index (χ0v) is 17.9. The molecule has 1 saturated heterocycles. The van der Waals surface area contributed by atoms with Crippen LogP contribution in [0.3, 0.4) is 0 Å². The number of aromatic nitrogens is 1. The molecule has 1 aliphatic carbocycles. The fraction of sp³-hybridized carbons (Fsp3) is 0.577. The van der Waals surface area contributed by atoms with Crippen molar-refractivity contribution in [1.82, 2.24) is 4.98 Å². The first-order valence-corrected chi connectivity index (χ1v) is 11.4. The first-order valence-electron chi connectivity index (χ1n) is 11.4. The van der Waals surface area contributed by atoms with E-state index in [1.54, 1.807) is 7.11 Å². The van der Waals surface area contributed by atoms with Crippen LogP contribution in [0.5, 0.6) is 5.75 Å². The van der Waals surface area contributed by atoms with Crippen LogP contribution in [0.1, 0.15) is 75.5 Å². The standard InChI is InChI=1S/C26H35NO2/c1-28-23-12-9-11-22(20-23)10-3-2-5-14-25(24-13-4-8-18-27-24)17-19-29-26(21-25)15-6-7-16-26/h4,8-9,11-13,18,20H,2-3,5-7,10,14-17,19,21H2,1H3/t25-/m1/s1. The lowest BCUT2D eigenvalue weighted by atomic mass is 9.67. The second-order valence-corrected chi connectivity index (χ2v) is 9.07. The van der Waals surface area contributed by atoms with Crippen molar-refractivity contribution in [3.8, 4) is 5.75 Å². The summed E-state index contributed by atoms with van der Waals surface area (Å²) in [5.74, 6) is 0.959. The molecule has 2 heterocycles. The minimum Gasteiger partial charge on any atom is -0.497 e. The minimum atomic E-state index is 0.121. The van der Waals surface area contributed by atoms with Crippen LogP contribution in [0.15, 0.2) is 48.7 Å². The number of hydrogen-bond acceptors (Lipinski definition) is 3. The summed E-state index contributed by atoms with van der Waals surface area (Å²) in [5.41, 5.74) is 2.98. The Morgan fingerprint density at radius 3 is 2.69 bits per heavy atom. The molecule has 0 N–H and O–H groups in total. The molecule has 2 aromatic rings. The summed E-state index contributed by atoms with van der Waals surface area (Å²) in [6, 6.07) is 14.9. The number of aryl methyl sites for hydroxylation is 1. The molecule has 0 amide bonds. The van der Waals surface area contributed by atoms with Crippen LogP contribution < -0.4 is 4.74 Å². The number of unbranched alkanes of at least 4 members (excludes halogenated alkanes) is 2. The van der Waals surface area contributed by atoms with Gasteiger partial charge >= 0.3 is 0 Å². The maximum absolute atomic E-state index is 6.37. The maximum Gasteiger partial charge on any atom is 0.119 e. The minimum absolute atomic E-state index is 0.121. The molecule has 1 aliphatic heterocycles. The molecule has 0 radical (unpaired) electrons. The Morgan fingerprint density at radius 1 is 1.00 bits per heavy atom. The average Bonchev–Trinajstić information content (AvgIpc) is 3.21. The summed E-state index contributed by atoms with van der Waals surface area (Å²) in [6.07, 6.45) is 15.5. The van der Waals surface area contributed by atoms with E-state index in [2.05, 4.69) is 30.3 Å². The third-order valence-electron chi connectivity index (χ3n) is 7.13. The molecule has 4 rings (SSSR count). The lowest BCUT2D eigenvalue weighted by Gasteiger charge is -2.46. The molecule has 0 bridgehead atoms. The Morgan fingerprint density at radius 2 is 1.90 bits per heavy atom. The molecule has 2 fully saturated rings. The average molecular weight is 394 g/mol. The van der Waals surface area contributed by atoms with E-state index in [1.165, 1.54) is 62.6 Å². The van der Waals surface area contributed by atoms with Crippen molar-refractivity contribution in [1.29, 1.82) is 0 Å². The molecule has 156 valence electrons. The smallest absolute Gasteiger partial charge is 0.119 e. The molecular formula is C26H35NO2. The molecule has 2 aliphatic rings. The number of nitrogens with zero attached hydrogens (tertiary/aromatic N) is 1. The highest BCUT2D eigenvalue weighted by Gasteiger charge is 2.48. The third-order valence-corrected chi connectivity index (χ3v) is 7.13. The highest BCUT2D eigenvalue weighted by molar-refractivity contribution is 5.28. The van der Waals surface area contributed by atoms with Crippen molar-refractivity contribution in [2.24, 2.45) is 0 Å². The quantitative estimate of drug-likeness (QED) is 0.496. The van der Waals surface area contributed by atoms with Gasteiger partial charge in [-0.1, -0.05) is 43.9 Å². The monoisotopic (exact) mass is 393 g/mol. The first kappa shape index (κ1) is 20.4. The van der Waals surface area contributed by atoms with E-state index in [9.17, 15) is 0 Å². The van der Waals surface area contributed by atoms with Gasteiger partial charge < -0.3 is 9.47 Å². The van der Waals surface area contributed by atoms with Gasteiger partial charge in [0.25, 0.3) is 0 Å². The van der Waals surface area contributed by atoms with Gasteiger partial charge in [0.2, 0.25) is 0 Å². The highest BCUT2D eigenvalue weighted by atomic mass is 16.5. The molecular weight excluding hydrogens is 358 g/mol. The lowest BCUT2D eigenvalue weighted by Crippen LogP contribution is -2.46. The van der Waals surface area contributed by atoms with Crippen molar-refractivity contribution in [3.63, 3.8) is 0 Å². The fourth-order valence-corrected chi connectivity index (χ4v) is 5.59. The summed E-state index contributed by atoms with van der Waals surface area (Å²) in [7, 11) is 1.74. The van der Waals surface area contributed by atoms with E-state index in [0.717, 1.165) is 31.6 Å². The van der Waals surface area contributed by atoms with Gasteiger partial charge in [-0.05, 0) is 74.8 Å². The van der Waals surface area contributed by atoms with Crippen LogP contribution in [-0.4, -0.2) is 24.3 Å². The number of methoxy groups -OCH3 is 1. The van der Waals surface area contributed by atoms with Gasteiger partial charge in [0.1, 0.15) is 5.75 Å². The number of hydrogen-bond donors (Lipinski definition) is 0. The maximum atomic E-state index is 6.37. The SMILES string of the molecule is COc1cccc(CCCCC[C@@]2(c3ccccn3)CCOC3(CCCC3)C2)c1. The Bertz CT molecular complexity index is 769. The molecule has 1 aromatic carbocycles. The van der Waals surface area contributed by atoms with Gasteiger partial charge in [0, 0.05) is 23.9 Å². The van der Waals surface area contributed by atoms with Crippen LogP contribution in [0.4, 0.5) is 0 Å². The van der Waals surface area contributed by atoms with E-state index in [1.807, 2.05) is 18.3 Å². The van der Waals surface area contributed by atoms with Crippen molar-refractivity contribution in [3.05, 3.63) is 59.9 Å². The van der Waals surface area contributed by atoms with Crippen LogP contribution in [-0.2, 0) is 16.6 Å². The fourth-order valence-electron chi connectivity index (χ4n) is 5.59. The summed E-state index contributed by atoms with van der Waals surface area (Å²) in [5, 5.41) is 0. The number of benzene rings is 1. The van der Waals surface area contributed by atoms with Gasteiger partial charge in [0.05, 0.1) is 12.7 Å². The van der Waals surface area contributed by atoms with Gasteiger partial charge in [0.15, 0.2) is 0 Å². The van der Waals surface area contributed by atoms with Gasteiger partial charge in [-0.2, -0.15) is 0 Å². The Balaban J connectivity index is 1.37. The van der Waals surface area contributed by atoms with E-state index < -0.39 is 0 Å². The largest absolute Gasteiger partial charge is 0.497 e. The van der Waals surface area contributed by atoms with Crippen molar-refractivity contribution in [2.75, 3.05) is 13.7 Å². The van der Waals surface area contributed by atoms with Gasteiger partial charge in [-0.15, -0.1) is 0 Å². The molecule has 3 heteroatoms. The van der Waals surface area contributed by atoms with Crippen LogP contribution in [0.2, 0.25) is 0 Å². The zero-order valence-electron chi connectivity index (χ0n) is 17.9. The number of pyridine rings is 1. The second-order valence-electron chi connectivity index (χ2n) is 9.07. The topological polar surface area (TPSA) is 31.4 Å². The molecule has 0 unspecified atom stereocenters.